The van der Waals surface area contributed by atoms with Gasteiger partial charge in [0.1, 0.15) is 11.6 Å². The third kappa shape index (κ3) is 6.06. The van der Waals surface area contributed by atoms with E-state index in [4.69, 9.17) is 9.47 Å². The molecule has 3 amide bonds. The molecule has 9 nitrogen and oxygen atoms in total. The molecule has 0 radical (unpaired) electrons. The minimum absolute atomic E-state index is 0.0779. The summed E-state index contributed by atoms with van der Waals surface area (Å²) in [6, 6.07) is 11.6. The quantitative estimate of drug-likeness (QED) is 0.517. The van der Waals surface area contributed by atoms with Crippen molar-refractivity contribution in [1.82, 2.24) is 20.0 Å². The highest BCUT2D eigenvalue weighted by atomic mass is 19.1. The van der Waals surface area contributed by atoms with Gasteiger partial charge in [0.25, 0.3) is 5.91 Å². The first-order valence-electron chi connectivity index (χ1n) is 13.2. The molecule has 2 aromatic carbocycles. The molecule has 208 valence electrons. The van der Waals surface area contributed by atoms with Crippen molar-refractivity contribution in [2.45, 2.75) is 32.9 Å². The Hall–Kier alpha value is -3.92. The Morgan fingerprint density at radius 3 is 2.54 bits per heavy atom. The number of carbonyl (C=O) groups is 3. The van der Waals surface area contributed by atoms with Crippen LogP contribution in [-0.2, 0) is 9.53 Å². The number of rotatable bonds is 8. The van der Waals surface area contributed by atoms with Gasteiger partial charge in [0, 0.05) is 50.0 Å². The highest BCUT2D eigenvalue weighted by molar-refractivity contribution is 5.96. The lowest BCUT2D eigenvalue weighted by Gasteiger charge is -2.43. The van der Waals surface area contributed by atoms with Crippen molar-refractivity contribution in [2.24, 2.45) is 0 Å². The molecule has 1 saturated heterocycles. The molecule has 4 rings (SSSR count). The van der Waals surface area contributed by atoms with Gasteiger partial charge in [-0.3, -0.25) is 14.6 Å². The van der Waals surface area contributed by atoms with Crippen molar-refractivity contribution in [1.29, 1.82) is 0 Å². The molecule has 0 spiro atoms. The number of hydrogen-bond donors (Lipinski definition) is 1. The number of nitrogens with zero attached hydrogens (tertiary/aromatic N) is 3. The van der Waals surface area contributed by atoms with Gasteiger partial charge in [-0.2, -0.15) is 0 Å². The molecule has 0 saturated carbocycles. The molecule has 2 aromatic rings. The maximum Gasteiger partial charge on any atom is 0.338 e. The molecule has 1 fully saturated rings. The standard InChI is InChI=1S/C29H35FN4O5/c1-5-33-24(25(28(36)39-6-2)26(31-29(33)37)20-9-7-11-22(30)15-20)18-32-13-14-34(19(3)17-32)27(35)21-10-8-12-23(16-21)38-4/h7-12,15-16,19,26H,5-6,13-14,17-18H2,1-4H3,(H,31,37)/t19-,26+/m0/s1. The third-order valence-electron chi connectivity index (χ3n) is 7.09. The molecule has 2 heterocycles. The van der Waals surface area contributed by atoms with Crippen LogP contribution in [0.2, 0.25) is 0 Å². The first-order valence-corrected chi connectivity index (χ1v) is 13.2. The molecule has 2 atom stereocenters. The van der Waals surface area contributed by atoms with Crippen LogP contribution in [0.4, 0.5) is 9.18 Å². The van der Waals surface area contributed by atoms with Crippen LogP contribution in [0, 0.1) is 5.82 Å². The molecular formula is C29H35FN4O5. The number of methoxy groups -OCH3 is 1. The zero-order valence-electron chi connectivity index (χ0n) is 22.8. The van der Waals surface area contributed by atoms with Crippen LogP contribution in [0.15, 0.2) is 59.8 Å². The monoisotopic (exact) mass is 538 g/mol. The number of halogens is 1. The number of carbonyl (C=O) groups excluding carboxylic acids is 3. The second-order valence-corrected chi connectivity index (χ2v) is 9.58. The van der Waals surface area contributed by atoms with E-state index in [9.17, 15) is 18.8 Å². The van der Waals surface area contributed by atoms with Gasteiger partial charge in [-0.05, 0) is 56.7 Å². The summed E-state index contributed by atoms with van der Waals surface area (Å²) in [6.07, 6.45) is 0. The van der Waals surface area contributed by atoms with Crippen molar-refractivity contribution in [3.63, 3.8) is 0 Å². The summed E-state index contributed by atoms with van der Waals surface area (Å²) in [7, 11) is 1.56. The van der Waals surface area contributed by atoms with Gasteiger partial charge >= 0.3 is 12.0 Å². The van der Waals surface area contributed by atoms with Crippen LogP contribution in [-0.4, -0.2) is 85.1 Å². The van der Waals surface area contributed by atoms with E-state index in [1.807, 2.05) is 18.7 Å². The Bertz CT molecular complexity index is 1270. The molecule has 2 aliphatic heterocycles. The van der Waals surface area contributed by atoms with Crippen LogP contribution >= 0.6 is 0 Å². The molecule has 1 N–H and O–H groups in total. The van der Waals surface area contributed by atoms with Crippen LogP contribution in [0.3, 0.4) is 0 Å². The number of nitrogens with one attached hydrogen (secondary N) is 1. The fourth-order valence-electron chi connectivity index (χ4n) is 5.21. The predicted octanol–water partition coefficient (Wildman–Crippen LogP) is 3.58. The predicted molar refractivity (Wildman–Crippen MR) is 144 cm³/mol. The van der Waals surface area contributed by atoms with Gasteiger partial charge in [0.2, 0.25) is 0 Å². The van der Waals surface area contributed by atoms with E-state index in [1.54, 1.807) is 50.4 Å². The number of piperazine rings is 1. The van der Waals surface area contributed by atoms with E-state index in [0.717, 1.165) is 0 Å². The Morgan fingerprint density at radius 1 is 1.10 bits per heavy atom. The van der Waals surface area contributed by atoms with E-state index in [2.05, 4.69) is 10.2 Å². The van der Waals surface area contributed by atoms with Gasteiger partial charge in [-0.25, -0.2) is 14.0 Å². The van der Waals surface area contributed by atoms with E-state index in [-0.39, 0.29) is 30.2 Å². The van der Waals surface area contributed by atoms with Gasteiger partial charge in [-0.15, -0.1) is 0 Å². The number of urea groups is 1. The normalized spacial score (nSPS) is 20.1. The van der Waals surface area contributed by atoms with Gasteiger partial charge in [0.15, 0.2) is 0 Å². The summed E-state index contributed by atoms with van der Waals surface area (Å²) in [6.45, 7) is 7.88. The minimum atomic E-state index is -0.849. The van der Waals surface area contributed by atoms with E-state index < -0.39 is 17.8 Å². The maximum absolute atomic E-state index is 14.1. The summed E-state index contributed by atoms with van der Waals surface area (Å²) in [4.78, 5) is 45.1. The molecule has 0 unspecified atom stereocenters. The first-order chi connectivity index (χ1) is 18.8. The lowest BCUT2D eigenvalue weighted by Crippen LogP contribution is -2.56. The summed E-state index contributed by atoms with van der Waals surface area (Å²) < 4.78 is 24.8. The van der Waals surface area contributed by atoms with Crippen molar-refractivity contribution >= 4 is 17.9 Å². The highest BCUT2D eigenvalue weighted by Crippen LogP contribution is 2.33. The fourth-order valence-corrected chi connectivity index (χ4v) is 5.21. The smallest absolute Gasteiger partial charge is 0.338 e. The zero-order valence-corrected chi connectivity index (χ0v) is 22.8. The second-order valence-electron chi connectivity index (χ2n) is 9.58. The molecule has 10 heteroatoms. The molecular weight excluding hydrogens is 503 g/mol. The van der Waals surface area contributed by atoms with Crippen molar-refractivity contribution < 1.29 is 28.2 Å². The SMILES string of the molecule is CCOC(=O)C1=C(CN2CCN(C(=O)c3cccc(OC)c3)[C@@H](C)C2)N(CC)C(=O)N[C@@H]1c1cccc(F)c1. The zero-order chi connectivity index (χ0) is 28.1. The number of esters is 1. The average Bonchev–Trinajstić information content (AvgIpc) is 2.92. The number of hydrogen-bond acceptors (Lipinski definition) is 6. The van der Waals surface area contributed by atoms with Gasteiger partial charge in [-0.1, -0.05) is 18.2 Å². The highest BCUT2D eigenvalue weighted by Gasteiger charge is 2.39. The van der Waals surface area contributed by atoms with Crippen LogP contribution < -0.4 is 10.1 Å². The third-order valence-corrected chi connectivity index (χ3v) is 7.09. The van der Waals surface area contributed by atoms with Crippen molar-refractivity contribution in [3.8, 4) is 5.75 Å². The number of ether oxygens (including phenoxy) is 2. The number of amides is 3. The molecule has 0 aromatic heterocycles. The Balaban J connectivity index is 1.62. The van der Waals surface area contributed by atoms with E-state index in [1.165, 1.54) is 17.0 Å². The molecule has 39 heavy (non-hydrogen) atoms. The van der Waals surface area contributed by atoms with Crippen LogP contribution in [0.1, 0.15) is 42.7 Å². The summed E-state index contributed by atoms with van der Waals surface area (Å²) in [5.74, 6) is -0.477. The minimum Gasteiger partial charge on any atom is -0.497 e. The van der Waals surface area contributed by atoms with E-state index >= 15 is 0 Å². The summed E-state index contributed by atoms with van der Waals surface area (Å²) in [5, 5.41) is 2.86. The summed E-state index contributed by atoms with van der Waals surface area (Å²) >= 11 is 0. The summed E-state index contributed by atoms with van der Waals surface area (Å²) in [5.41, 5.74) is 1.82. The maximum atomic E-state index is 14.1. The van der Waals surface area contributed by atoms with Gasteiger partial charge in [0.05, 0.1) is 25.3 Å². The Kier molecular flexibility index (Phi) is 8.86. The van der Waals surface area contributed by atoms with E-state index in [0.29, 0.717) is 55.3 Å². The molecule has 2 aliphatic rings. The number of likely N-dealkylation sites (N-methyl/N-ethyl adjacent to an activating group) is 1. The van der Waals surface area contributed by atoms with Gasteiger partial charge < -0.3 is 19.7 Å². The van der Waals surface area contributed by atoms with Crippen LogP contribution in [0.5, 0.6) is 5.75 Å². The Morgan fingerprint density at radius 2 is 1.87 bits per heavy atom. The number of benzene rings is 2. The Labute approximate surface area is 228 Å². The second kappa shape index (κ2) is 12.3. The van der Waals surface area contributed by atoms with Crippen molar-refractivity contribution in [3.05, 3.63) is 76.7 Å². The molecule has 0 aliphatic carbocycles. The van der Waals surface area contributed by atoms with Crippen molar-refractivity contribution in [2.75, 3.05) is 46.4 Å². The topological polar surface area (TPSA) is 91.4 Å². The average molecular weight is 539 g/mol. The fraction of sp³-hybridized carbons (Fsp3) is 0.414. The van der Waals surface area contributed by atoms with Crippen LogP contribution in [0.25, 0.3) is 0 Å². The largest absolute Gasteiger partial charge is 0.497 e. The first kappa shape index (κ1) is 28.1. The lowest BCUT2D eigenvalue weighted by atomic mass is 9.94. The lowest BCUT2D eigenvalue weighted by molar-refractivity contribution is -0.139. The molecule has 0 bridgehead atoms.